The van der Waals surface area contributed by atoms with Crippen LogP contribution >= 0.6 is 0 Å². The molecule has 0 aliphatic carbocycles. The van der Waals surface area contributed by atoms with Gasteiger partial charge in [-0.3, -0.25) is 4.79 Å². The zero-order valence-electron chi connectivity index (χ0n) is 7.03. The van der Waals surface area contributed by atoms with Crippen LogP contribution in [0.25, 0.3) is 11.0 Å². The number of anilines is 1. The first-order chi connectivity index (χ1) is 6.27. The SMILES string of the molecule is CC(=O)Nc1cccc2n[nH]nc12. The first-order valence-electron chi connectivity index (χ1n) is 3.84. The number of hydrogen-bond donors (Lipinski definition) is 2. The van der Waals surface area contributed by atoms with Crippen LogP contribution in [0.2, 0.25) is 0 Å². The minimum Gasteiger partial charge on any atom is -0.324 e. The van der Waals surface area contributed by atoms with Crippen molar-refractivity contribution in [2.75, 3.05) is 5.32 Å². The highest BCUT2D eigenvalue weighted by molar-refractivity contribution is 5.97. The minimum atomic E-state index is -0.115. The Morgan fingerprint density at radius 2 is 2.31 bits per heavy atom. The molecule has 2 rings (SSSR count). The van der Waals surface area contributed by atoms with Crippen molar-refractivity contribution in [1.82, 2.24) is 15.4 Å². The van der Waals surface area contributed by atoms with Crippen LogP contribution in [0.3, 0.4) is 0 Å². The lowest BCUT2D eigenvalue weighted by atomic mass is 10.2. The van der Waals surface area contributed by atoms with Crippen LogP contribution in [-0.2, 0) is 4.79 Å². The number of rotatable bonds is 1. The second kappa shape index (κ2) is 2.85. The van der Waals surface area contributed by atoms with Crippen molar-refractivity contribution in [3.63, 3.8) is 0 Å². The van der Waals surface area contributed by atoms with Crippen molar-refractivity contribution in [3.05, 3.63) is 18.2 Å². The predicted molar refractivity (Wildman–Crippen MR) is 48.2 cm³/mol. The van der Waals surface area contributed by atoms with E-state index in [4.69, 9.17) is 0 Å². The normalized spacial score (nSPS) is 10.2. The molecule has 1 aromatic carbocycles. The molecule has 0 aliphatic rings. The number of hydrogen-bond acceptors (Lipinski definition) is 3. The Hall–Kier alpha value is -1.91. The van der Waals surface area contributed by atoms with E-state index in [9.17, 15) is 4.79 Å². The molecular formula is C8H8N4O. The summed E-state index contributed by atoms with van der Waals surface area (Å²) in [5.41, 5.74) is 2.10. The van der Waals surface area contributed by atoms with Crippen molar-refractivity contribution >= 4 is 22.6 Å². The number of carbonyl (C=O) groups is 1. The third-order valence-electron chi connectivity index (χ3n) is 1.66. The average molecular weight is 176 g/mol. The summed E-state index contributed by atoms with van der Waals surface area (Å²) in [6.07, 6.45) is 0. The topological polar surface area (TPSA) is 70.7 Å². The molecule has 1 amide bonds. The molecule has 0 atom stereocenters. The lowest BCUT2D eigenvalue weighted by molar-refractivity contribution is -0.114. The Bertz CT molecular complexity index is 448. The van der Waals surface area contributed by atoms with Crippen LogP contribution in [0, 0.1) is 0 Å². The highest BCUT2D eigenvalue weighted by Gasteiger charge is 2.04. The lowest BCUT2D eigenvalue weighted by Crippen LogP contribution is -2.05. The molecule has 0 aliphatic heterocycles. The van der Waals surface area contributed by atoms with Gasteiger partial charge in [-0.25, -0.2) is 0 Å². The third-order valence-corrected chi connectivity index (χ3v) is 1.66. The van der Waals surface area contributed by atoms with E-state index in [2.05, 4.69) is 20.7 Å². The smallest absolute Gasteiger partial charge is 0.221 e. The van der Waals surface area contributed by atoms with Gasteiger partial charge >= 0.3 is 0 Å². The monoisotopic (exact) mass is 176 g/mol. The van der Waals surface area contributed by atoms with Crippen LogP contribution in [0.4, 0.5) is 5.69 Å². The number of H-pyrrole nitrogens is 1. The van der Waals surface area contributed by atoms with Gasteiger partial charge in [-0.05, 0) is 12.1 Å². The third kappa shape index (κ3) is 1.35. The van der Waals surface area contributed by atoms with Crippen LogP contribution in [0.15, 0.2) is 18.2 Å². The zero-order valence-corrected chi connectivity index (χ0v) is 7.03. The van der Waals surface area contributed by atoms with E-state index in [-0.39, 0.29) is 5.91 Å². The number of nitrogens with zero attached hydrogens (tertiary/aromatic N) is 2. The van der Waals surface area contributed by atoms with Crippen LogP contribution in [0.5, 0.6) is 0 Å². The summed E-state index contributed by atoms with van der Waals surface area (Å²) in [7, 11) is 0. The van der Waals surface area contributed by atoms with E-state index in [1.54, 1.807) is 6.07 Å². The fraction of sp³-hybridized carbons (Fsp3) is 0.125. The number of aromatic nitrogens is 3. The first-order valence-corrected chi connectivity index (χ1v) is 3.84. The Kier molecular flexibility index (Phi) is 1.70. The largest absolute Gasteiger partial charge is 0.324 e. The number of aromatic amines is 1. The molecule has 0 fully saturated rings. The fourth-order valence-corrected chi connectivity index (χ4v) is 1.16. The van der Waals surface area contributed by atoms with Crippen molar-refractivity contribution in [3.8, 4) is 0 Å². The van der Waals surface area contributed by atoms with Crippen molar-refractivity contribution in [1.29, 1.82) is 0 Å². The summed E-state index contributed by atoms with van der Waals surface area (Å²) in [6.45, 7) is 1.46. The Labute approximate surface area is 74.1 Å². The standard InChI is InChI=1S/C8H8N4O/c1-5(13)9-6-3-2-4-7-8(6)11-12-10-7/h2-4H,1H3,(H,9,13)(H,10,11,12). The minimum absolute atomic E-state index is 0.115. The van der Waals surface area contributed by atoms with Gasteiger partial charge in [-0.15, -0.1) is 0 Å². The van der Waals surface area contributed by atoms with Crippen LogP contribution in [-0.4, -0.2) is 21.3 Å². The molecule has 2 N–H and O–H groups in total. The van der Waals surface area contributed by atoms with Gasteiger partial charge in [0.25, 0.3) is 0 Å². The van der Waals surface area contributed by atoms with Gasteiger partial charge < -0.3 is 5.32 Å². The molecule has 5 nitrogen and oxygen atoms in total. The summed E-state index contributed by atoms with van der Waals surface area (Å²) < 4.78 is 0. The molecule has 0 bridgehead atoms. The second-order valence-corrected chi connectivity index (χ2v) is 2.68. The summed E-state index contributed by atoms with van der Waals surface area (Å²) in [5, 5.41) is 13.0. The number of nitrogens with one attached hydrogen (secondary N) is 2. The number of fused-ring (bicyclic) bond motifs is 1. The molecule has 0 saturated heterocycles. The summed E-state index contributed by atoms with van der Waals surface area (Å²) in [4.78, 5) is 10.8. The van der Waals surface area contributed by atoms with Crippen LogP contribution < -0.4 is 5.32 Å². The summed E-state index contributed by atoms with van der Waals surface area (Å²) in [5.74, 6) is -0.115. The summed E-state index contributed by atoms with van der Waals surface area (Å²) in [6, 6.07) is 5.42. The molecule has 0 spiro atoms. The molecule has 66 valence electrons. The highest BCUT2D eigenvalue weighted by atomic mass is 16.1. The maximum absolute atomic E-state index is 10.8. The molecule has 0 unspecified atom stereocenters. The number of carbonyl (C=O) groups excluding carboxylic acids is 1. The van der Waals surface area contributed by atoms with E-state index in [0.717, 1.165) is 5.52 Å². The van der Waals surface area contributed by atoms with Gasteiger partial charge in [0.15, 0.2) is 0 Å². The molecule has 5 heteroatoms. The first kappa shape index (κ1) is 7.72. The zero-order chi connectivity index (χ0) is 9.26. The van der Waals surface area contributed by atoms with Crippen LogP contribution in [0.1, 0.15) is 6.92 Å². The fourth-order valence-electron chi connectivity index (χ4n) is 1.16. The van der Waals surface area contributed by atoms with Gasteiger partial charge in [0.1, 0.15) is 11.0 Å². The van der Waals surface area contributed by atoms with E-state index in [0.29, 0.717) is 11.2 Å². The highest BCUT2D eigenvalue weighted by Crippen LogP contribution is 2.18. The molecule has 0 saturated carbocycles. The number of amides is 1. The molecule has 1 heterocycles. The van der Waals surface area contributed by atoms with E-state index in [1.807, 2.05) is 12.1 Å². The molecular weight excluding hydrogens is 168 g/mol. The lowest BCUT2D eigenvalue weighted by Gasteiger charge is -2.00. The van der Waals surface area contributed by atoms with Gasteiger partial charge in [0.05, 0.1) is 5.69 Å². The second-order valence-electron chi connectivity index (χ2n) is 2.68. The number of para-hydroxylation sites is 1. The van der Waals surface area contributed by atoms with Gasteiger partial charge in [0.2, 0.25) is 5.91 Å². The maximum Gasteiger partial charge on any atom is 0.221 e. The Morgan fingerprint density at radius 1 is 1.46 bits per heavy atom. The van der Waals surface area contributed by atoms with Crippen molar-refractivity contribution in [2.24, 2.45) is 0 Å². The molecule has 0 radical (unpaired) electrons. The quantitative estimate of drug-likeness (QED) is 0.678. The Morgan fingerprint density at radius 3 is 3.08 bits per heavy atom. The summed E-state index contributed by atoms with van der Waals surface area (Å²) >= 11 is 0. The average Bonchev–Trinajstić information content (AvgIpc) is 2.51. The Balaban J connectivity index is 2.54. The van der Waals surface area contributed by atoms with Gasteiger partial charge in [0, 0.05) is 6.92 Å². The molecule has 13 heavy (non-hydrogen) atoms. The van der Waals surface area contributed by atoms with Crippen molar-refractivity contribution in [2.45, 2.75) is 6.92 Å². The van der Waals surface area contributed by atoms with E-state index < -0.39 is 0 Å². The number of benzene rings is 1. The molecule has 2 aromatic rings. The van der Waals surface area contributed by atoms with Gasteiger partial charge in [-0.2, -0.15) is 15.4 Å². The van der Waals surface area contributed by atoms with E-state index in [1.165, 1.54) is 6.92 Å². The van der Waals surface area contributed by atoms with Crippen molar-refractivity contribution < 1.29 is 4.79 Å². The maximum atomic E-state index is 10.8. The molecule has 1 aromatic heterocycles. The predicted octanol–water partition coefficient (Wildman–Crippen LogP) is 0.916. The van der Waals surface area contributed by atoms with E-state index >= 15 is 0 Å². The van der Waals surface area contributed by atoms with Gasteiger partial charge in [-0.1, -0.05) is 6.07 Å².